The average molecular weight is 945 g/mol. The molecule has 2 aromatic carbocycles. The van der Waals surface area contributed by atoms with E-state index >= 15 is 8.78 Å². The Morgan fingerprint density at radius 3 is 2.43 bits per heavy atom. The van der Waals surface area contributed by atoms with Crippen LogP contribution in [0.1, 0.15) is 53.0 Å². The topological polar surface area (TPSA) is 178 Å². The van der Waals surface area contributed by atoms with Gasteiger partial charge < -0.3 is 20.3 Å². The van der Waals surface area contributed by atoms with E-state index in [4.69, 9.17) is 14.7 Å². The number of aromatic nitrogens is 6. The summed E-state index contributed by atoms with van der Waals surface area (Å²) in [5, 5.41) is 14.2. The van der Waals surface area contributed by atoms with Crippen LogP contribution in [-0.4, -0.2) is 81.4 Å². The lowest BCUT2D eigenvalue weighted by molar-refractivity contribution is -0.142. The Morgan fingerprint density at radius 2 is 1.78 bits per heavy atom. The smallest absolute Gasteiger partial charge is 0.435 e. The number of alkyl halides is 5. The van der Waals surface area contributed by atoms with Crippen molar-refractivity contribution in [3.8, 4) is 11.1 Å². The van der Waals surface area contributed by atoms with Gasteiger partial charge in [0.25, 0.3) is 5.92 Å². The highest BCUT2D eigenvalue weighted by molar-refractivity contribution is 7.92. The van der Waals surface area contributed by atoms with Gasteiger partial charge in [0.15, 0.2) is 22.3 Å². The number of para-hydroxylation sites is 1. The van der Waals surface area contributed by atoms with E-state index in [2.05, 4.69) is 25.6 Å². The number of halogens is 7. The second-order valence-corrected chi connectivity index (χ2v) is 19.4. The third kappa shape index (κ3) is 7.48. The third-order valence-electron chi connectivity index (χ3n) is 12.2. The number of rotatable bonds is 10. The lowest BCUT2D eigenvalue weighted by atomic mass is 9.81. The van der Waals surface area contributed by atoms with Crippen LogP contribution in [0, 0.1) is 17.6 Å². The molecular formula is C41H35F7N10O5S2. The molecule has 4 aromatic heterocycles. The van der Waals surface area contributed by atoms with E-state index in [-0.39, 0.29) is 29.1 Å². The van der Waals surface area contributed by atoms with Crippen molar-refractivity contribution in [3.05, 3.63) is 94.5 Å². The monoisotopic (exact) mass is 944 g/mol. The van der Waals surface area contributed by atoms with Gasteiger partial charge in [-0.3, -0.25) is 18.9 Å². The number of thiazole rings is 1. The molecule has 1 spiro atoms. The molecule has 3 N–H and O–H groups in total. The van der Waals surface area contributed by atoms with Gasteiger partial charge in [-0.1, -0.05) is 35.6 Å². The summed E-state index contributed by atoms with van der Waals surface area (Å²) in [6.45, 7) is 0.197. The van der Waals surface area contributed by atoms with Crippen molar-refractivity contribution in [2.24, 2.45) is 13.0 Å². The Labute approximate surface area is 367 Å². The van der Waals surface area contributed by atoms with Crippen molar-refractivity contribution in [1.82, 2.24) is 40.2 Å². The first kappa shape index (κ1) is 42.6. The van der Waals surface area contributed by atoms with E-state index in [0.717, 1.165) is 24.5 Å². The number of pyridine rings is 1. The van der Waals surface area contributed by atoms with E-state index in [1.165, 1.54) is 22.1 Å². The van der Waals surface area contributed by atoms with Crippen molar-refractivity contribution in [2.75, 3.05) is 35.5 Å². The molecule has 2 aliphatic heterocycles. The minimum Gasteiger partial charge on any atom is -0.441 e. The Hall–Kier alpha value is -6.30. The molecule has 2 amide bonds. The second-order valence-electron chi connectivity index (χ2n) is 16.6. The first-order chi connectivity index (χ1) is 30.7. The highest BCUT2D eigenvalue weighted by Gasteiger charge is 2.61. The van der Waals surface area contributed by atoms with Crippen molar-refractivity contribution in [1.29, 1.82) is 0 Å². The standard InChI is InChI=1S/C41H35F7N10O5S2/c1-56-32-22(4-3-5-24(32)35(54-56)55-65(2,61)62)25-16-28-36(52-37(64-28)57-10-8-39(9-11-57)18-49-38(60)63-39)51-31(25)27(14-19-12-20(42)15-21(43)13-19)50-29(59)17-58-34-30(33(53-58)41(46,47)48)23-6-7-26(23)40(34,44)45/h3-7,12-13,15-16,23,26-27H,8-11,14,17-18H2,1-2H3,(H,49,60)(H,50,59)(H,54,55)/t23-,26+,27-/m0/s1. The molecule has 3 atom stereocenters. The molecule has 10 rings (SSSR count). The molecule has 6 heterocycles. The van der Waals surface area contributed by atoms with Gasteiger partial charge in [-0.25, -0.2) is 27.0 Å². The maximum Gasteiger partial charge on any atom is 0.435 e. The number of carbonyl (C=O) groups excluding carboxylic acids is 2. The number of nitrogens with one attached hydrogen (secondary N) is 3. The number of benzene rings is 2. The maximum absolute atomic E-state index is 15.7. The third-order valence-corrected chi connectivity index (χ3v) is 13.8. The molecule has 2 aliphatic carbocycles. The molecule has 0 radical (unpaired) electrons. The number of fused-ring (bicyclic) bond motifs is 5. The number of piperidine rings is 1. The normalized spacial score (nSPS) is 20.1. The summed E-state index contributed by atoms with van der Waals surface area (Å²) in [5.41, 5.74) is -2.57. The Bertz CT molecular complexity index is 3100. The summed E-state index contributed by atoms with van der Waals surface area (Å²) >= 11 is 1.28. The zero-order chi connectivity index (χ0) is 46.0. The van der Waals surface area contributed by atoms with Gasteiger partial charge in [0.05, 0.1) is 40.7 Å². The molecule has 6 aromatic rings. The molecule has 4 aliphatic rings. The fourth-order valence-electron chi connectivity index (χ4n) is 9.31. The van der Waals surface area contributed by atoms with Gasteiger partial charge in [0.1, 0.15) is 29.5 Å². The van der Waals surface area contributed by atoms with Crippen LogP contribution in [0.15, 0.2) is 54.6 Å². The van der Waals surface area contributed by atoms with Crippen molar-refractivity contribution < 1.29 is 53.5 Å². The van der Waals surface area contributed by atoms with Crippen LogP contribution in [0.3, 0.4) is 0 Å². The average Bonchev–Trinajstić information content (AvgIpc) is 3.98. The van der Waals surface area contributed by atoms with Gasteiger partial charge in [-0.05, 0) is 36.2 Å². The second kappa shape index (κ2) is 14.9. The highest BCUT2D eigenvalue weighted by atomic mass is 32.2. The summed E-state index contributed by atoms with van der Waals surface area (Å²) in [7, 11) is -2.24. The minimum absolute atomic E-state index is 0.000894. The summed E-state index contributed by atoms with van der Waals surface area (Å²) in [6.07, 6.45) is -1.67. The molecule has 0 bridgehead atoms. The number of hydrogen-bond acceptors (Lipinski definition) is 11. The van der Waals surface area contributed by atoms with Crippen LogP contribution in [-0.2, 0) is 51.7 Å². The van der Waals surface area contributed by atoms with Crippen LogP contribution >= 0.6 is 11.3 Å². The Kier molecular flexibility index (Phi) is 9.75. The molecule has 15 nitrogen and oxygen atoms in total. The number of amides is 2. The Balaban J connectivity index is 1.10. The molecule has 340 valence electrons. The van der Waals surface area contributed by atoms with Crippen LogP contribution < -0.4 is 20.3 Å². The minimum atomic E-state index is -5.12. The van der Waals surface area contributed by atoms with Crippen LogP contribution in [0.5, 0.6) is 0 Å². The summed E-state index contributed by atoms with van der Waals surface area (Å²) in [6, 6.07) is 7.97. The fourth-order valence-corrected chi connectivity index (χ4v) is 10.8. The van der Waals surface area contributed by atoms with Crippen molar-refractivity contribution in [3.63, 3.8) is 0 Å². The Morgan fingerprint density at radius 1 is 1.05 bits per heavy atom. The summed E-state index contributed by atoms with van der Waals surface area (Å²) < 4.78 is 139. The van der Waals surface area contributed by atoms with E-state index in [1.54, 1.807) is 31.3 Å². The SMILES string of the molecule is Cn1nc(NS(C)(=O)=O)c2cccc(-c3cc4sc(N5CCC6(CC5)CNC(=O)O6)nc4nc3[C@H](Cc3cc(F)cc(F)c3)NC(=O)Cn3nc(C(F)(F)F)c4c3C(F)(F)[C@@H]3C=C[C@H]43)c21. The lowest BCUT2D eigenvalue weighted by Gasteiger charge is -2.36. The molecule has 2 saturated heterocycles. The van der Waals surface area contributed by atoms with Crippen molar-refractivity contribution in [2.45, 2.75) is 55.5 Å². The number of alkyl carbamates (subject to hydrolysis) is 1. The number of anilines is 2. The van der Waals surface area contributed by atoms with Gasteiger partial charge >= 0.3 is 12.3 Å². The largest absolute Gasteiger partial charge is 0.441 e. The van der Waals surface area contributed by atoms with E-state index < -0.39 is 92.7 Å². The highest BCUT2D eigenvalue weighted by Crippen LogP contribution is 2.60. The molecule has 0 saturated carbocycles. The van der Waals surface area contributed by atoms with E-state index in [1.807, 2.05) is 4.90 Å². The van der Waals surface area contributed by atoms with Gasteiger partial charge in [0.2, 0.25) is 15.9 Å². The molecular weight excluding hydrogens is 910 g/mol. The number of aryl methyl sites for hydroxylation is 1. The van der Waals surface area contributed by atoms with Crippen LogP contribution in [0.2, 0.25) is 0 Å². The first-order valence-corrected chi connectivity index (χ1v) is 22.8. The number of ether oxygens (including phenoxy) is 1. The van der Waals surface area contributed by atoms with E-state index in [0.29, 0.717) is 75.1 Å². The zero-order valence-corrected chi connectivity index (χ0v) is 35.6. The van der Waals surface area contributed by atoms with Gasteiger partial charge in [-0.2, -0.15) is 37.1 Å². The van der Waals surface area contributed by atoms with Gasteiger partial charge in [-0.15, -0.1) is 0 Å². The molecule has 0 unspecified atom stereocenters. The lowest BCUT2D eigenvalue weighted by Crippen LogP contribution is -2.46. The first-order valence-electron chi connectivity index (χ1n) is 20.1. The maximum atomic E-state index is 15.7. The number of nitrogens with zero attached hydrogens (tertiary/aromatic N) is 7. The number of allylic oxidation sites excluding steroid dienone is 2. The summed E-state index contributed by atoms with van der Waals surface area (Å²) in [5.74, 6) is -9.57. The number of sulfonamides is 1. The quantitative estimate of drug-likeness (QED) is 0.0994. The van der Waals surface area contributed by atoms with Gasteiger partial charge in [0, 0.05) is 67.0 Å². The van der Waals surface area contributed by atoms with Crippen LogP contribution in [0.25, 0.3) is 32.4 Å². The fraction of sp³-hybridized carbons (Fsp3) is 0.366. The predicted molar refractivity (Wildman–Crippen MR) is 222 cm³/mol. The predicted octanol–water partition coefficient (Wildman–Crippen LogP) is 6.66. The number of hydrogen-bond donors (Lipinski definition) is 3. The van der Waals surface area contributed by atoms with Crippen molar-refractivity contribution >= 4 is 65.6 Å². The number of carbonyl (C=O) groups is 2. The zero-order valence-electron chi connectivity index (χ0n) is 34.0. The molecule has 24 heteroatoms. The molecule has 65 heavy (non-hydrogen) atoms. The van der Waals surface area contributed by atoms with Crippen LogP contribution in [0.4, 0.5) is 46.5 Å². The van der Waals surface area contributed by atoms with E-state index in [9.17, 15) is 40.0 Å². The summed E-state index contributed by atoms with van der Waals surface area (Å²) in [4.78, 5) is 37.9. The molecule has 2 fully saturated rings.